The molecule has 0 aromatic heterocycles. The van der Waals surface area contributed by atoms with Gasteiger partial charge in [0.2, 0.25) is 0 Å². The van der Waals surface area contributed by atoms with Gasteiger partial charge in [-0.05, 0) is 71.2 Å². The number of carboxylic acid groups (broad SMARTS) is 1. The van der Waals surface area contributed by atoms with Gasteiger partial charge in [-0.15, -0.1) is 0 Å². The van der Waals surface area contributed by atoms with Gasteiger partial charge in [0, 0.05) is 6.54 Å². The van der Waals surface area contributed by atoms with Crippen LogP contribution in [0, 0.1) is 5.92 Å². The number of aliphatic carboxylic acids is 1. The fourth-order valence-electron chi connectivity index (χ4n) is 4.87. The van der Waals surface area contributed by atoms with E-state index >= 15 is 0 Å². The third-order valence-corrected chi connectivity index (χ3v) is 7.39. The molecule has 204 valence electrons. The maximum absolute atomic E-state index is 13.0. The quantitative estimate of drug-likeness (QED) is 0.344. The molecule has 0 radical (unpaired) electrons. The van der Waals surface area contributed by atoms with Crippen LogP contribution in [-0.4, -0.2) is 52.7 Å². The Balaban J connectivity index is 1.36. The van der Waals surface area contributed by atoms with Gasteiger partial charge in [0.15, 0.2) is 0 Å². The van der Waals surface area contributed by atoms with Crippen molar-refractivity contribution in [3.63, 3.8) is 0 Å². The van der Waals surface area contributed by atoms with E-state index in [4.69, 9.17) is 4.74 Å². The first-order valence-corrected chi connectivity index (χ1v) is 13.1. The average molecular weight is 530 g/mol. The summed E-state index contributed by atoms with van der Waals surface area (Å²) in [6.45, 7) is 6.02. The molecule has 7 heteroatoms. The molecule has 0 bridgehead atoms. The molecule has 4 rings (SSSR count). The minimum Gasteiger partial charge on any atom is -0.497 e. The van der Waals surface area contributed by atoms with E-state index in [2.05, 4.69) is 0 Å². The Morgan fingerprint density at radius 1 is 0.872 bits per heavy atom. The summed E-state index contributed by atoms with van der Waals surface area (Å²) < 4.78 is 5.20. The molecule has 0 spiro atoms. The average Bonchev–Trinajstić information content (AvgIpc) is 3.16. The van der Waals surface area contributed by atoms with Crippen LogP contribution >= 0.6 is 0 Å². The maximum atomic E-state index is 13.0. The van der Waals surface area contributed by atoms with Gasteiger partial charge in [0.25, 0.3) is 11.8 Å². The lowest BCUT2D eigenvalue weighted by atomic mass is 9.85. The molecular formula is C32H35NO6. The van der Waals surface area contributed by atoms with Crippen LogP contribution < -0.4 is 4.74 Å². The first kappa shape index (κ1) is 28.0. The van der Waals surface area contributed by atoms with Gasteiger partial charge in [-0.3, -0.25) is 19.3 Å². The molecule has 3 aromatic rings. The second-order valence-corrected chi connectivity index (χ2v) is 11.0. The molecule has 0 aliphatic carbocycles. The minimum atomic E-state index is -1.15. The number of benzene rings is 3. The zero-order valence-corrected chi connectivity index (χ0v) is 22.8. The molecular weight excluding hydrogens is 494 g/mol. The van der Waals surface area contributed by atoms with Crippen molar-refractivity contribution in [2.45, 2.75) is 51.6 Å². The number of rotatable bonds is 10. The molecule has 1 aliphatic rings. The van der Waals surface area contributed by atoms with Crippen LogP contribution in [0.1, 0.15) is 65.5 Å². The van der Waals surface area contributed by atoms with E-state index in [1.165, 1.54) is 0 Å². The second kappa shape index (κ2) is 11.4. The number of fused-ring (bicyclic) bond motifs is 1. The van der Waals surface area contributed by atoms with E-state index in [-0.39, 0.29) is 24.8 Å². The summed E-state index contributed by atoms with van der Waals surface area (Å²) in [5, 5.41) is 20.5. The molecule has 1 heterocycles. The Labute approximate surface area is 229 Å². The van der Waals surface area contributed by atoms with Gasteiger partial charge in [-0.25, -0.2) is 0 Å². The summed E-state index contributed by atoms with van der Waals surface area (Å²) in [7, 11) is 1.62. The standard InChI is InChI=1S/C32H35NO6/c1-32(2,3)23-12-15-25-27(19-23)30(36)33(29(25)35)18-17-26(31(37)38)28(34)16-7-20-5-8-21(9-6-20)22-10-13-24(39-4)14-11-22/h5-6,8-15,19,26,28,34H,7,16-18H2,1-4H3,(H,37,38)/t26-,28+/m0/s1. The number of amides is 2. The third-order valence-electron chi connectivity index (χ3n) is 7.39. The van der Waals surface area contributed by atoms with Crippen molar-refractivity contribution in [1.82, 2.24) is 4.90 Å². The highest BCUT2D eigenvalue weighted by Crippen LogP contribution is 2.30. The summed E-state index contributed by atoms with van der Waals surface area (Å²) >= 11 is 0. The molecule has 0 saturated heterocycles. The van der Waals surface area contributed by atoms with E-state index in [9.17, 15) is 24.6 Å². The van der Waals surface area contributed by atoms with Crippen LogP contribution in [0.5, 0.6) is 5.75 Å². The number of nitrogens with zero attached hydrogens (tertiary/aromatic N) is 1. The summed E-state index contributed by atoms with van der Waals surface area (Å²) in [5.41, 5.74) is 4.51. The van der Waals surface area contributed by atoms with E-state index < -0.39 is 29.8 Å². The smallest absolute Gasteiger partial charge is 0.309 e. The number of carbonyl (C=O) groups excluding carboxylic acids is 2. The zero-order valence-electron chi connectivity index (χ0n) is 22.8. The van der Waals surface area contributed by atoms with Gasteiger partial charge >= 0.3 is 5.97 Å². The highest BCUT2D eigenvalue weighted by atomic mass is 16.5. The molecule has 1 aliphatic heterocycles. The van der Waals surface area contributed by atoms with Crippen LogP contribution in [0.15, 0.2) is 66.7 Å². The molecule has 2 N–H and O–H groups in total. The fourth-order valence-corrected chi connectivity index (χ4v) is 4.87. The highest BCUT2D eigenvalue weighted by molar-refractivity contribution is 6.21. The van der Waals surface area contributed by atoms with E-state index in [0.29, 0.717) is 17.5 Å². The Kier molecular flexibility index (Phi) is 8.21. The number of hydrogen-bond acceptors (Lipinski definition) is 5. The van der Waals surface area contributed by atoms with Crippen molar-refractivity contribution in [3.8, 4) is 16.9 Å². The number of imide groups is 1. The van der Waals surface area contributed by atoms with Gasteiger partial charge in [0.05, 0.1) is 30.3 Å². The monoisotopic (exact) mass is 529 g/mol. The molecule has 0 saturated carbocycles. The highest BCUT2D eigenvalue weighted by Gasteiger charge is 2.37. The topological polar surface area (TPSA) is 104 Å². The predicted octanol–water partition coefficient (Wildman–Crippen LogP) is 5.34. The first-order valence-electron chi connectivity index (χ1n) is 13.1. The van der Waals surface area contributed by atoms with Gasteiger partial charge < -0.3 is 14.9 Å². The van der Waals surface area contributed by atoms with Crippen molar-refractivity contribution < 1.29 is 29.3 Å². The number of aliphatic hydroxyl groups excluding tert-OH is 1. The predicted molar refractivity (Wildman–Crippen MR) is 149 cm³/mol. The fraction of sp³-hybridized carbons (Fsp3) is 0.344. The SMILES string of the molecule is COc1ccc(-c2ccc(CC[C@@H](O)[C@H](CCN3C(=O)c4ccc(C(C)(C)C)cc4C3=O)C(=O)O)cc2)cc1. The zero-order chi connectivity index (χ0) is 28.3. The van der Waals surface area contributed by atoms with Crippen LogP contribution in [0.4, 0.5) is 0 Å². The first-order chi connectivity index (χ1) is 18.5. The van der Waals surface area contributed by atoms with E-state index in [1.54, 1.807) is 19.2 Å². The minimum absolute atomic E-state index is 0.0233. The van der Waals surface area contributed by atoms with Crippen LogP contribution in [0.2, 0.25) is 0 Å². The Bertz CT molecular complexity index is 1350. The van der Waals surface area contributed by atoms with E-state index in [0.717, 1.165) is 32.9 Å². The molecule has 3 aromatic carbocycles. The van der Waals surface area contributed by atoms with Gasteiger partial charge in [-0.1, -0.05) is 63.2 Å². The number of aryl methyl sites for hydroxylation is 1. The lowest BCUT2D eigenvalue weighted by Crippen LogP contribution is -2.36. The van der Waals surface area contributed by atoms with Crippen LogP contribution in [-0.2, 0) is 16.6 Å². The van der Waals surface area contributed by atoms with Gasteiger partial charge in [-0.2, -0.15) is 0 Å². The van der Waals surface area contributed by atoms with Crippen molar-refractivity contribution in [2.24, 2.45) is 5.92 Å². The Morgan fingerprint density at radius 3 is 2.03 bits per heavy atom. The lowest BCUT2D eigenvalue weighted by molar-refractivity contribution is -0.146. The second-order valence-electron chi connectivity index (χ2n) is 11.0. The molecule has 7 nitrogen and oxygen atoms in total. The van der Waals surface area contributed by atoms with Crippen molar-refractivity contribution >= 4 is 17.8 Å². The summed E-state index contributed by atoms with van der Waals surface area (Å²) in [6, 6.07) is 20.9. The Morgan fingerprint density at radius 2 is 1.46 bits per heavy atom. The molecule has 2 amide bonds. The number of methoxy groups -OCH3 is 1. The van der Waals surface area contributed by atoms with Crippen LogP contribution in [0.3, 0.4) is 0 Å². The van der Waals surface area contributed by atoms with Crippen molar-refractivity contribution in [3.05, 3.63) is 89.0 Å². The van der Waals surface area contributed by atoms with Gasteiger partial charge in [0.1, 0.15) is 5.75 Å². The number of ether oxygens (including phenoxy) is 1. The summed E-state index contributed by atoms with van der Waals surface area (Å²) in [4.78, 5) is 39.0. The van der Waals surface area contributed by atoms with Crippen molar-refractivity contribution in [2.75, 3.05) is 13.7 Å². The Hall–Kier alpha value is -3.97. The number of carbonyl (C=O) groups is 3. The summed E-state index contributed by atoms with van der Waals surface area (Å²) in [6.07, 6.45) is -0.400. The lowest BCUT2D eigenvalue weighted by Gasteiger charge is -2.22. The molecule has 2 atom stereocenters. The molecule has 0 unspecified atom stereocenters. The molecule has 39 heavy (non-hydrogen) atoms. The molecule has 0 fully saturated rings. The summed E-state index contributed by atoms with van der Waals surface area (Å²) in [5.74, 6) is -2.31. The van der Waals surface area contributed by atoms with Crippen molar-refractivity contribution in [1.29, 1.82) is 0 Å². The number of aliphatic hydroxyl groups is 1. The largest absolute Gasteiger partial charge is 0.497 e. The third kappa shape index (κ3) is 6.20. The normalized spacial score (nSPS) is 14.7. The van der Waals surface area contributed by atoms with E-state index in [1.807, 2.05) is 75.4 Å². The van der Waals surface area contributed by atoms with Crippen LogP contribution in [0.25, 0.3) is 11.1 Å². The number of carboxylic acids is 1. The number of hydrogen-bond donors (Lipinski definition) is 2. The maximum Gasteiger partial charge on any atom is 0.309 e.